The average molecular weight is 368 g/mol. The number of anilines is 1. The van der Waals surface area contributed by atoms with Gasteiger partial charge >= 0.3 is 0 Å². The molecule has 0 saturated carbocycles. The van der Waals surface area contributed by atoms with E-state index in [1.165, 1.54) is 0 Å². The van der Waals surface area contributed by atoms with Gasteiger partial charge in [0.2, 0.25) is 5.91 Å². The minimum Gasteiger partial charge on any atom is -0.325 e. The van der Waals surface area contributed by atoms with Gasteiger partial charge in [-0.1, -0.05) is 61.3 Å². The van der Waals surface area contributed by atoms with E-state index in [9.17, 15) is 4.79 Å². The Morgan fingerprint density at radius 2 is 1.87 bits per heavy atom. The fourth-order valence-electron chi connectivity index (χ4n) is 2.19. The smallest absolute Gasteiger partial charge is 0.234 e. The van der Waals surface area contributed by atoms with Crippen LogP contribution in [0.4, 0.5) is 5.69 Å². The lowest BCUT2D eigenvalue weighted by molar-refractivity contribution is -0.113. The van der Waals surface area contributed by atoms with Gasteiger partial charge in [-0.25, -0.2) is 0 Å². The number of halogens is 2. The lowest BCUT2D eigenvalue weighted by Crippen LogP contribution is -2.15. The molecule has 2 aromatic carbocycles. The SMILES string of the molecule is CC(C)c1ccccc1NC(=O)CSCc1ccc(Cl)c(Cl)c1. The number of nitrogens with one attached hydrogen (secondary N) is 1. The van der Waals surface area contributed by atoms with Crippen LogP contribution in [0.15, 0.2) is 42.5 Å². The molecule has 2 rings (SSSR count). The predicted molar refractivity (Wildman–Crippen MR) is 102 cm³/mol. The Balaban J connectivity index is 1.87. The molecule has 23 heavy (non-hydrogen) atoms. The highest BCUT2D eigenvalue weighted by atomic mass is 35.5. The Kier molecular flexibility index (Phi) is 6.82. The number of rotatable bonds is 6. The first kappa shape index (κ1) is 18.2. The molecule has 0 radical (unpaired) electrons. The van der Waals surface area contributed by atoms with Crippen molar-refractivity contribution in [2.75, 3.05) is 11.1 Å². The van der Waals surface area contributed by atoms with E-state index in [2.05, 4.69) is 19.2 Å². The monoisotopic (exact) mass is 367 g/mol. The molecule has 0 unspecified atom stereocenters. The van der Waals surface area contributed by atoms with E-state index < -0.39 is 0 Å². The van der Waals surface area contributed by atoms with Crippen LogP contribution in [0, 0.1) is 0 Å². The first-order valence-corrected chi connectivity index (χ1v) is 9.29. The summed E-state index contributed by atoms with van der Waals surface area (Å²) in [6.45, 7) is 4.23. The van der Waals surface area contributed by atoms with Gasteiger partial charge in [-0.2, -0.15) is 0 Å². The standard InChI is InChI=1S/C18H19Cl2NOS/c1-12(2)14-5-3-4-6-17(14)21-18(22)11-23-10-13-7-8-15(19)16(20)9-13/h3-9,12H,10-11H2,1-2H3,(H,21,22). The van der Waals surface area contributed by atoms with E-state index in [-0.39, 0.29) is 5.91 Å². The van der Waals surface area contributed by atoms with Gasteiger partial charge in [-0.15, -0.1) is 11.8 Å². The van der Waals surface area contributed by atoms with Crippen molar-refractivity contribution in [2.45, 2.75) is 25.5 Å². The second kappa shape index (κ2) is 8.62. The third-order valence-electron chi connectivity index (χ3n) is 3.34. The van der Waals surface area contributed by atoms with Crippen molar-refractivity contribution in [1.82, 2.24) is 0 Å². The molecule has 0 aromatic heterocycles. The number of amides is 1. The van der Waals surface area contributed by atoms with Crippen LogP contribution >= 0.6 is 35.0 Å². The van der Waals surface area contributed by atoms with E-state index in [1.54, 1.807) is 17.8 Å². The molecule has 0 spiro atoms. The summed E-state index contributed by atoms with van der Waals surface area (Å²) in [6, 6.07) is 13.4. The zero-order valence-corrected chi connectivity index (χ0v) is 15.4. The van der Waals surface area contributed by atoms with Gasteiger partial charge in [-0.05, 0) is 35.2 Å². The van der Waals surface area contributed by atoms with Crippen LogP contribution in [0.1, 0.15) is 30.9 Å². The summed E-state index contributed by atoms with van der Waals surface area (Å²) in [5.41, 5.74) is 3.10. The predicted octanol–water partition coefficient (Wildman–Crippen LogP) is 5.99. The van der Waals surface area contributed by atoms with Crippen molar-refractivity contribution in [3.8, 4) is 0 Å². The number of para-hydroxylation sites is 1. The quantitative estimate of drug-likeness (QED) is 0.679. The van der Waals surface area contributed by atoms with Crippen molar-refractivity contribution in [3.63, 3.8) is 0 Å². The molecule has 0 aliphatic carbocycles. The van der Waals surface area contributed by atoms with Crippen molar-refractivity contribution in [1.29, 1.82) is 0 Å². The molecule has 0 atom stereocenters. The van der Waals surface area contributed by atoms with Crippen LogP contribution in [0.25, 0.3) is 0 Å². The Morgan fingerprint density at radius 1 is 1.13 bits per heavy atom. The number of thioether (sulfide) groups is 1. The van der Waals surface area contributed by atoms with Crippen molar-refractivity contribution >= 4 is 46.6 Å². The average Bonchev–Trinajstić information content (AvgIpc) is 2.51. The maximum absolute atomic E-state index is 12.1. The molecule has 0 bridgehead atoms. The maximum Gasteiger partial charge on any atom is 0.234 e. The zero-order valence-electron chi connectivity index (χ0n) is 13.1. The molecule has 0 fully saturated rings. The fourth-order valence-corrected chi connectivity index (χ4v) is 3.29. The molecular formula is C18H19Cl2NOS. The van der Waals surface area contributed by atoms with Gasteiger partial charge in [0.1, 0.15) is 0 Å². The highest BCUT2D eigenvalue weighted by Gasteiger charge is 2.09. The summed E-state index contributed by atoms with van der Waals surface area (Å²) in [5.74, 6) is 1.49. The van der Waals surface area contributed by atoms with Gasteiger partial charge in [0.25, 0.3) is 0 Å². The number of carbonyl (C=O) groups is 1. The molecule has 2 aromatic rings. The summed E-state index contributed by atoms with van der Waals surface area (Å²) < 4.78 is 0. The highest BCUT2D eigenvalue weighted by Crippen LogP contribution is 2.26. The summed E-state index contributed by atoms with van der Waals surface area (Å²) in [4.78, 5) is 12.1. The van der Waals surface area contributed by atoms with Gasteiger partial charge in [-0.3, -0.25) is 4.79 Å². The Morgan fingerprint density at radius 3 is 2.57 bits per heavy atom. The molecule has 0 heterocycles. The van der Waals surface area contributed by atoms with E-state index in [0.717, 1.165) is 22.6 Å². The molecule has 0 aliphatic rings. The fraction of sp³-hybridized carbons (Fsp3) is 0.278. The topological polar surface area (TPSA) is 29.1 Å². The van der Waals surface area contributed by atoms with Crippen LogP contribution < -0.4 is 5.32 Å². The van der Waals surface area contributed by atoms with Crippen LogP contribution in [0.3, 0.4) is 0 Å². The molecular weight excluding hydrogens is 349 g/mol. The van der Waals surface area contributed by atoms with Crippen molar-refractivity contribution < 1.29 is 4.79 Å². The summed E-state index contributed by atoms with van der Waals surface area (Å²) in [7, 11) is 0. The Bertz CT molecular complexity index is 688. The zero-order chi connectivity index (χ0) is 16.8. The molecule has 122 valence electrons. The number of benzene rings is 2. The third-order valence-corrected chi connectivity index (χ3v) is 5.09. The highest BCUT2D eigenvalue weighted by molar-refractivity contribution is 7.99. The minimum atomic E-state index is 0.00293. The normalized spacial score (nSPS) is 10.8. The lowest BCUT2D eigenvalue weighted by Gasteiger charge is -2.13. The first-order valence-electron chi connectivity index (χ1n) is 7.38. The number of hydrogen-bond donors (Lipinski definition) is 1. The van der Waals surface area contributed by atoms with E-state index in [4.69, 9.17) is 23.2 Å². The van der Waals surface area contributed by atoms with E-state index in [1.807, 2.05) is 36.4 Å². The largest absolute Gasteiger partial charge is 0.325 e. The van der Waals surface area contributed by atoms with Crippen LogP contribution in [0.5, 0.6) is 0 Å². The van der Waals surface area contributed by atoms with Crippen LogP contribution in [-0.4, -0.2) is 11.7 Å². The number of carbonyl (C=O) groups excluding carboxylic acids is 1. The van der Waals surface area contributed by atoms with Crippen LogP contribution in [0.2, 0.25) is 10.0 Å². The van der Waals surface area contributed by atoms with E-state index >= 15 is 0 Å². The Hall–Kier alpha value is -1.16. The third kappa shape index (κ3) is 5.45. The molecule has 1 amide bonds. The van der Waals surface area contributed by atoms with Gasteiger partial charge < -0.3 is 5.32 Å². The van der Waals surface area contributed by atoms with E-state index in [0.29, 0.717) is 21.7 Å². The van der Waals surface area contributed by atoms with Gasteiger partial charge in [0.15, 0.2) is 0 Å². The summed E-state index contributed by atoms with van der Waals surface area (Å²) in [5, 5.41) is 4.08. The lowest BCUT2D eigenvalue weighted by atomic mass is 10.0. The second-order valence-corrected chi connectivity index (χ2v) is 7.33. The molecule has 0 saturated heterocycles. The van der Waals surface area contributed by atoms with Crippen molar-refractivity contribution in [3.05, 3.63) is 63.6 Å². The molecule has 2 nitrogen and oxygen atoms in total. The van der Waals surface area contributed by atoms with Gasteiger partial charge in [0.05, 0.1) is 15.8 Å². The number of hydrogen-bond acceptors (Lipinski definition) is 2. The molecule has 5 heteroatoms. The molecule has 1 N–H and O–H groups in total. The summed E-state index contributed by atoms with van der Waals surface area (Å²) >= 11 is 13.4. The molecule has 0 aliphatic heterocycles. The van der Waals surface area contributed by atoms with Crippen LogP contribution in [-0.2, 0) is 10.5 Å². The Labute approximate surface area is 151 Å². The first-order chi connectivity index (χ1) is 11.0. The summed E-state index contributed by atoms with van der Waals surface area (Å²) in [6.07, 6.45) is 0. The second-order valence-electron chi connectivity index (χ2n) is 5.53. The van der Waals surface area contributed by atoms with Crippen molar-refractivity contribution in [2.24, 2.45) is 0 Å². The maximum atomic E-state index is 12.1. The minimum absolute atomic E-state index is 0.00293. The van der Waals surface area contributed by atoms with Gasteiger partial charge in [0, 0.05) is 11.4 Å².